The molecule has 0 bridgehead atoms. The molecule has 36 heavy (non-hydrogen) atoms. The molecule has 1 aliphatic heterocycles. The predicted molar refractivity (Wildman–Crippen MR) is 140 cm³/mol. The van der Waals surface area contributed by atoms with E-state index in [9.17, 15) is 9.59 Å². The minimum atomic E-state index is -0.163. The fourth-order valence-electron chi connectivity index (χ4n) is 4.19. The van der Waals surface area contributed by atoms with Gasteiger partial charge in [0.1, 0.15) is 12.3 Å². The van der Waals surface area contributed by atoms with Crippen molar-refractivity contribution < 1.29 is 14.3 Å². The van der Waals surface area contributed by atoms with Gasteiger partial charge in [0, 0.05) is 43.3 Å². The molecule has 0 N–H and O–H groups in total. The van der Waals surface area contributed by atoms with Crippen molar-refractivity contribution in [2.45, 2.75) is 26.8 Å². The van der Waals surface area contributed by atoms with E-state index in [1.807, 2.05) is 43.0 Å². The molecule has 2 heterocycles. The number of benzene rings is 2. The van der Waals surface area contributed by atoms with E-state index in [0.29, 0.717) is 37.5 Å². The van der Waals surface area contributed by atoms with Gasteiger partial charge < -0.3 is 19.4 Å². The molecule has 0 radical (unpaired) electrons. The molecule has 0 unspecified atom stereocenters. The number of carbonyl (C=O) groups excluding carboxylic acids is 2. The summed E-state index contributed by atoms with van der Waals surface area (Å²) in [7, 11) is 1.59. The third kappa shape index (κ3) is 5.82. The molecule has 1 saturated heterocycles. The largest absolute Gasteiger partial charge is 0.497 e. The zero-order valence-electron chi connectivity index (χ0n) is 21.3. The van der Waals surface area contributed by atoms with Crippen LogP contribution in [0.2, 0.25) is 0 Å². The van der Waals surface area contributed by atoms with E-state index in [1.54, 1.807) is 36.3 Å². The molecule has 1 fully saturated rings. The van der Waals surface area contributed by atoms with Gasteiger partial charge in [0.05, 0.1) is 12.8 Å². The third-order valence-electron chi connectivity index (χ3n) is 6.48. The fraction of sp³-hybridized carbons (Fsp3) is 0.357. The number of carbonyl (C=O) groups is 2. The average Bonchev–Trinajstić information content (AvgIpc) is 2.92. The Kier molecular flexibility index (Phi) is 7.83. The Morgan fingerprint density at radius 3 is 2.14 bits per heavy atom. The first-order chi connectivity index (χ1) is 17.4. The Morgan fingerprint density at radius 2 is 1.58 bits per heavy atom. The average molecular weight is 488 g/mol. The second-order valence-corrected chi connectivity index (χ2v) is 9.27. The molecule has 1 aromatic heterocycles. The van der Waals surface area contributed by atoms with Crippen LogP contribution in [-0.2, 0) is 4.79 Å². The van der Waals surface area contributed by atoms with Crippen LogP contribution in [0.5, 0.6) is 5.75 Å². The monoisotopic (exact) mass is 487 g/mol. The lowest BCUT2D eigenvalue weighted by molar-refractivity contribution is -0.132. The number of rotatable bonds is 7. The van der Waals surface area contributed by atoms with Gasteiger partial charge in [0.2, 0.25) is 5.91 Å². The lowest BCUT2D eigenvalue weighted by atomic mass is 10.1. The van der Waals surface area contributed by atoms with Crippen LogP contribution in [0.1, 0.15) is 29.8 Å². The minimum Gasteiger partial charge on any atom is -0.497 e. The van der Waals surface area contributed by atoms with Gasteiger partial charge in [-0.25, -0.2) is 0 Å². The van der Waals surface area contributed by atoms with Crippen LogP contribution in [0.4, 0.5) is 5.82 Å². The summed E-state index contributed by atoms with van der Waals surface area (Å²) in [6.45, 7) is 8.43. The first kappa shape index (κ1) is 25.2. The summed E-state index contributed by atoms with van der Waals surface area (Å²) < 4.78 is 5.17. The Balaban J connectivity index is 1.34. The van der Waals surface area contributed by atoms with Gasteiger partial charge in [0.15, 0.2) is 5.82 Å². The fourth-order valence-corrected chi connectivity index (χ4v) is 4.19. The molecule has 3 aromatic rings. The summed E-state index contributed by atoms with van der Waals surface area (Å²) in [5.41, 5.74) is 3.61. The zero-order chi connectivity index (χ0) is 25.7. The highest BCUT2D eigenvalue weighted by atomic mass is 16.5. The van der Waals surface area contributed by atoms with Gasteiger partial charge in [-0.2, -0.15) is 0 Å². The molecule has 4 rings (SSSR count). The normalized spacial score (nSPS) is 13.6. The summed E-state index contributed by atoms with van der Waals surface area (Å²) in [5, 5.41) is 8.82. The first-order valence-electron chi connectivity index (χ1n) is 12.2. The summed E-state index contributed by atoms with van der Waals surface area (Å²) in [6, 6.07) is 19.0. The van der Waals surface area contributed by atoms with Crippen molar-refractivity contribution >= 4 is 17.6 Å². The molecule has 0 aliphatic carbocycles. The van der Waals surface area contributed by atoms with Crippen LogP contribution < -0.4 is 9.64 Å². The van der Waals surface area contributed by atoms with Crippen molar-refractivity contribution in [2.75, 3.05) is 44.7 Å². The van der Waals surface area contributed by atoms with Gasteiger partial charge >= 0.3 is 0 Å². The molecular formula is C28H33N5O3. The Hall–Kier alpha value is -3.94. The highest BCUT2D eigenvalue weighted by Gasteiger charge is 2.27. The Bertz CT molecular complexity index is 1170. The van der Waals surface area contributed by atoms with E-state index in [4.69, 9.17) is 4.74 Å². The molecule has 8 heteroatoms. The standard InChI is InChI=1S/C28H33N5O3/c1-20(2)33(28(35)23-9-11-24(36-4)12-10-23)19-27(34)32-17-15-31(16-18-32)26-14-13-25(29-30-26)22-7-5-21(3)6-8-22/h5-14,20H,15-19H2,1-4H3. The second-order valence-electron chi connectivity index (χ2n) is 9.27. The topological polar surface area (TPSA) is 78.9 Å². The van der Waals surface area contributed by atoms with Crippen molar-refractivity contribution in [1.82, 2.24) is 20.0 Å². The van der Waals surface area contributed by atoms with Gasteiger partial charge in [-0.15, -0.1) is 10.2 Å². The smallest absolute Gasteiger partial charge is 0.254 e. The molecule has 0 atom stereocenters. The molecular weight excluding hydrogens is 454 g/mol. The van der Waals surface area contributed by atoms with Crippen molar-refractivity contribution in [2.24, 2.45) is 0 Å². The van der Waals surface area contributed by atoms with E-state index >= 15 is 0 Å². The van der Waals surface area contributed by atoms with Gasteiger partial charge in [-0.05, 0) is 57.2 Å². The van der Waals surface area contributed by atoms with Crippen molar-refractivity contribution in [3.05, 3.63) is 71.8 Å². The van der Waals surface area contributed by atoms with Crippen LogP contribution in [0, 0.1) is 6.92 Å². The summed E-state index contributed by atoms with van der Waals surface area (Å²) >= 11 is 0. The van der Waals surface area contributed by atoms with E-state index in [2.05, 4.69) is 34.2 Å². The van der Waals surface area contributed by atoms with Crippen LogP contribution in [-0.4, -0.2) is 77.7 Å². The second kappa shape index (κ2) is 11.2. The first-order valence-corrected chi connectivity index (χ1v) is 12.2. The number of anilines is 1. The number of piperazine rings is 1. The lowest BCUT2D eigenvalue weighted by Gasteiger charge is -2.36. The maximum absolute atomic E-state index is 13.1. The molecule has 8 nitrogen and oxygen atoms in total. The van der Waals surface area contributed by atoms with E-state index in [-0.39, 0.29) is 24.4 Å². The van der Waals surface area contributed by atoms with E-state index in [0.717, 1.165) is 17.1 Å². The maximum atomic E-state index is 13.1. The number of hydrogen-bond acceptors (Lipinski definition) is 6. The molecule has 1 aliphatic rings. The quantitative estimate of drug-likeness (QED) is 0.506. The van der Waals surface area contributed by atoms with Crippen molar-refractivity contribution in [3.8, 4) is 17.0 Å². The number of aromatic nitrogens is 2. The number of hydrogen-bond donors (Lipinski definition) is 0. The minimum absolute atomic E-state index is 0.0492. The lowest BCUT2D eigenvalue weighted by Crippen LogP contribution is -2.53. The van der Waals surface area contributed by atoms with Gasteiger partial charge in [0.25, 0.3) is 5.91 Å². The van der Waals surface area contributed by atoms with Crippen molar-refractivity contribution in [3.63, 3.8) is 0 Å². The highest BCUT2D eigenvalue weighted by Crippen LogP contribution is 2.20. The molecule has 0 spiro atoms. The summed E-state index contributed by atoms with van der Waals surface area (Å²) in [5.74, 6) is 1.28. The van der Waals surface area contributed by atoms with Crippen LogP contribution in [0.25, 0.3) is 11.3 Å². The maximum Gasteiger partial charge on any atom is 0.254 e. The Morgan fingerprint density at radius 1 is 0.917 bits per heavy atom. The van der Waals surface area contributed by atoms with Crippen LogP contribution in [0.3, 0.4) is 0 Å². The van der Waals surface area contributed by atoms with Crippen LogP contribution in [0.15, 0.2) is 60.7 Å². The SMILES string of the molecule is COc1ccc(C(=O)N(CC(=O)N2CCN(c3ccc(-c4ccc(C)cc4)nn3)CC2)C(C)C)cc1. The number of amides is 2. The molecule has 188 valence electrons. The van der Waals surface area contributed by atoms with Gasteiger partial charge in [-0.1, -0.05) is 29.8 Å². The van der Waals surface area contributed by atoms with Gasteiger partial charge in [-0.3, -0.25) is 9.59 Å². The number of aryl methyl sites for hydroxylation is 1. The third-order valence-corrected chi connectivity index (χ3v) is 6.48. The zero-order valence-corrected chi connectivity index (χ0v) is 21.3. The summed E-state index contributed by atoms with van der Waals surface area (Å²) in [6.07, 6.45) is 0. The molecule has 2 amide bonds. The van der Waals surface area contributed by atoms with E-state index in [1.165, 1.54) is 5.56 Å². The summed E-state index contributed by atoms with van der Waals surface area (Å²) in [4.78, 5) is 31.7. The number of nitrogens with zero attached hydrogens (tertiary/aromatic N) is 5. The highest BCUT2D eigenvalue weighted by molar-refractivity contribution is 5.96. The molecule has 0 saturated carbocycles. The number of methoxy groups -OCH3 is 1. The number of ether oxygens (including phenoxy) is 1. The van der Waals surface area contributed by atoms with E-state index < -0.39 is 0 Å². The van der Waals surface area contributed by atoms with Crippen molar-refractivity contribution in [1.29, 1.82) is 0 Å². The Labute approximate surface area is 212 Å². The predicted octanol–water partition coefficient (Wildman–Crippen LogP) is 3.66. The molecule has 2 aromatic carbocycles. The van der Waals surface area contributed by atoms with Crippen LogP contribution >= 0.6 is 0 Å².